The molecule has 4 heterocycles. The molecular weight excluding hydrogens is 380 g/mol. The van der Waals surface area contributed by atoms with Crippen molar-refractivity contribution in [3.63, 3.8) is 0 Å². The molecule has 5 nitrogen and oxygen atoms in total. The number of aromatic nitrogens is 4. The summed E-state index contributed by atoms with van der Waals surface area (Å²) in [4.78, 5) is 11.6. The van der Waals surface area contributed by atoms with Gasteiger partial charge in [-0.05, 0) is 63.4 Å². The molecule has 1 N–H and O–H groups in total. The minimum atomic E-state index is -0.904. The van der Waals surface area contributed by atoms with Crippen molar-refractivity contribution in [2.45, 2.75) is 53.1 Å². The third-order valence-corrected chi connectivity index (χ3v) is 6.83. The molecule has 0 fully saturated rings. The molecule has 4 aromatic heterocycles. The number of hydrogen-bond donors (Lipinski definition) is 1. The van der Waals surface area contributed by atoms with Crippen molar-refractivity contribution in [2.24, 2.45) is 0 Å². The summed E-state index contributed by atoms with van der Waals surface area (Å²) in [5, 5.41) is 15.9. The molecule has 4 rings (SSSR count). The van der Waals surface area contributed by atoms with E-state index < -0.39 is 5.60 Å². The van der Waals surface area contributed by atoms with Gasteiger partial charge in [-0.25, -0.2) is 9.50 Å². The minimum Gasteiger partial charge on any atom is -0.385 e. The lowest BCUT2D eigenvalue weighted by Crippen LogP contribution is -2.25. The number of imidazole rings is 1. The van der Waals surface area contributed by atoms with Crippen LogP contribution < -0.4 is 0 Å². The van der Waals surface area contributed by atoms with Gasteiger partial charge in [0.15, 0.2) is 5.65 Å². The summed E-state index contributed by atoms with van der Waals surface area (Å²) in [6.07, 6.45) is 3.13. The highest BCUT2D eigenvalue weighted by Gasteiger charge is 2.30. The molecule has 150 valence electrons. The van der Waals surface area contributed by atoms with Crippen LogP contribution in [0.25, 0.3) is 26.8 Å². The second-order valence-electron chi connectivity index (χ2n) is 7.60. The Bertz CT molecular complexity index is 1190. The molecule has 0 saturated heterocycles. The monoisotopic (exact) mass is 406 g/mol. The van der Waals surface area contributed by atoms with Gasteiger partial charge in [0.05, 0.1) is 32.9 Å². The Labute approximate surface area is 175 Å². The molecule has 0 atom stereocenters. The number of nitrogens with zero attached hydrogens (tertiary/aromatic N) is 4. The number of thiophene rings is 1. The van der Waals surface area contributed by atoms with Gasteiger partial charge < -0.3 is 5.11 Å². The van der Waals surface area contributed by atoms with Crippen LogP contribution in [0.2, 0.25) is 0 Å². The normalized spacial score (nSPS) is 12.1. The number of hydrogen-bond acceptors (Lipinski definition) is 5. The smallest absolute Gasteiger partial charge is 0.160 e. The molecule has 0 bridgehead atoms. The summed E-state index contributed by atoms with van der Waals surface area (Å²) in [5.41, 5.74) is 5.62. The standard InChI is InChI=1S/C23H26N4OS/c1-6-23(28,7-2)17-12-16(5)26-27-19(13-24-22(17)27)21-14(3)11-20(29-21)18-10-8-9-15(4)25-18/h8-13,28H,6-7H2,1-5H3. The number of rotatable bonds is 5. The zero-order chi connectivity index (χ0) is 20.8. The van der Waals surface area contributed by atoms with Crippen LogP contribution in [0, 0.1) is 20.8 Å². The molecule has 0 aromatic carbocycles. The molecule has 29 heavy (non-hydrogen) atoms. The van der Waals surface area contributed by atoms with E-state index in [-0.39, 0.29) is 0 Å². The molecule has 0 saturated carbocycles. The van der Waals surface area contributed by atoms with Crippen molar-refractivity contribution in [2.75, 3.05) is 0 Å². The van der Waals surface area contributed by atoms with E-state index in [1.54, 1.807) is 11.3 Å². The van der Waals surface area contributed by atoms with Crippen LogP contribution in [0.5, 0.6) is 0 Å². The van der Waals surface area contributed by atoms with E-state index in [0.29, 0.717) is 12.8 Å². The predicted molar refractivity (Wildman–Crippen MR) is 118 cm³/mol. The van der Waals surface area contributed by atoms with Gasteiger partial charge in [-0.1, -0.05) is 19.9 Å². The lowest BCUT2D eigenvalue weighted by molar-refractivity contribution is 0.0291. The van der Waals surface area contributed by atoms with Gasteiger partial charge in [-0.15, -0.1) is 11.3 Å². The summed E-state index contributed by atoms with van der Waals surface area (Å²) in [5.74, 6) is 0. The zero-order valence-corrected chi connectivity index (χ0v) is 18.3. The number of aryl methyl sites for hydroxylation is 3. The van der Waals surface area contributed by atoms with E-state index in [1.165, 1.54) is 5.56 Å². The largest absolute Gasteiger partial charge is 0.385 e. The molecule has 0 aliphatic carbocycles. The summed E-state index contributed by atoms with van der Waals surface area (Å²) in [6.45, 7) is 10.1. The van der Waals surface area contributed by atoms with Crippen LogP contribution in [0.4, 0.5) is 0 Å². The lowest BCUT2D eigenvalue weighted by atomic mass is 9.89. The second-order valence-corrected chi connectivity index (χ2v) is 8.66. The van der Waals surface area contributed by atoms with Crippen molar-refractivity contribution in [3.05, 3.63) is 59.0 Å². The van der Waals surface area contributed by atoms with E-state index in [0.717, 1.165) is 43.7 Å². The quantitative estimate of drug-likeness (QED) is 0.478. The third kappa shape index (κ3) is 3.36. The Balaban J connectivity index is 1.89. The van der Waals surface area contributed by atoms with Gasteiger partial charge in [0.2, 0.25) is 0 Å². The fraction of sp³-hybridized carbons (Fsp3) is 0.348. The molecule has 6 heteroatoms. The van der Waals surface area contributed by atoms with Crippen LogP contribution in [0.3, 0.4) is 0 Å². The highest BCUT2D eigenvalue weighted by atomic mass is 32.1. The maximum absolute atomic E-state index is 11.1. The van der Waals surface area contributed by atoms with Gasteiger partial charge in [0, 0.05) is 11.3 Å². The highest BCUT2D eigenvalue weighted by molar-refractivity contribution is 7.19. The Hall–Kier alpha value is -2.57. The molecule has 0 amide bonds. The predicted octanol–water partition coefficient (Wildman–Crippen LogP) is 5.45. The van der Waals surface area contributed by atoms with Crippen molar-refractivity contribution < 1.29 is 5.11 Å². The van der Waals surface area contributed by atoms with Crippen LogP contribution in [-0.2, 0) is 5.60 Å². The second kappa shape index (κ2) is 7.35. The van der Waals surface area contributed by atoms with E-state index in [1.807, 2.05) is 62.7 Å². The molecule has 0 aliphatic rings. The molecule has 4 aromatic rings. The third-order valence-electron chi connectivity index (χ3n) is 5.55. The summed E-state index contributed by atoms with van der Waals surface area (Å²) in [7, 11) is 0. The summed E-state index contributed by atoms with van der Waals surface area (Å²) in [6, 6.07) is 10.2. The van der Waals surface area contributed by atoms with Gasteiger partial charge in [-0.3, -0.25) is 4.98 Å². The number of fused-ring (bicyclic) bond motifs is 1. The average Bonchev–Trinajstić information content (AvgIpc) is 3.29. The minimum absolute atomic E-state index is 0.631. The van der Waals surface area contributed by atoms with Gasteiger partial charge in [0.1, 0.15) is 5.69 Å². The fourth-order valence-electron chi connectivity index (χ4n) is 3.76. The molecule has 0 aliphatic heterocycles. The fourth-order valence-corrected chi connectivity index (χ4v) is 4.90. The first kappa shape index (κ1) is 19.7. The Morgan fingerprint density at radius 1 is 1.07 bits per heavy atom. The highest BCUT2D eigenvalue weighted by Crippen LogP contribution is 2.39. The maximum Gasteiger partial charge on any atom is 0.160 e. The van der Waals surface area contributed by atoms with E-state index in [2.05, 4.69) is 23.0 Å². The van der Waals surface area contributed by atoms with E-state index in [9.17, 15) is 5.11 Å². The first-order chi connectivity index (χ1) is 13.9. The van der Waals surface area contributed by atoms with Crippen molar-refractivity contribution >= 4 is 17.0 Å². The van der Waals surface area contributed by atoms with E-state index in [4.69, 9.17) is 5.10 Å². The molecular formula is C23H26N4OS. The van der Waals surface area contributed by atoms with Gasteiger partial charge in [-0.2, -0.15) is 5.10 Å². The van der Waals surface area contributed by atoms with Gasteiger partial charge in [0.25, 0.3) is 0 Å². The molecule has 0 radical (unpaired) electrons. The maximum atomic E-state index is 11.1. The first-order valence-corrected chi connectivity index (χ1v) is 10.8. The van der Waals surface area contributed by atoms with Crippen molar-refractivity contribution in [1.82, 2.24) is 19.6 Å². The summed E-state index contributed by atoms with van der Waals surface area (Å²) >= 11 is 1.70. The van der Waals surface area contributed by atoms with Crippen LogP contribution in [-0.4, -0.2) is 24.7 Å². The average molecular weight is 407 g/mol. The van der Waals surface area contributed by atoms with Crippen LogP contribution >= 0.6 is 11.3 Å². The van der Waals surface area contributed by atoms with Crippen LogP contribution in [0.1, 0.15) is 49.2 Å². The number of aliphatic hydroxyl groups is 1. The summed E-state index contributed by atoms with van der Waals surface area (Å²) < 4.78 is 1.88. The Morgan fingerprint density at radius 2 is 1.83 bits per heavy atom. The number of pyridine rings is 1. The Kier molecular flexibility index (Phi) is 5.00. The zero-order valence-electron chi connectivity index (χ0n) is 17.5. The van der Waals surface area contributed by atoms with Crippen molar-refractivity contribution in [3.8, 4) is 21.1 Å². The Morgan fingerprint density at radius 3 is 2.52 bits per heavy atom. The lowest BCUT2D eigenvalue weighted by Gasteiger charge is -2.26. The topological polar surface area (TPSA) is 63.3 Å². The van der Waals surface area contributed by atoms with Crippen molar-refractivity contribution in [1.29, 1.82) is 0 Å². The van der Waals surface area contributed by atoms with E-state index >= 15 is 0 Å². The first-order valence-electron chi connectivity index (χ1n) is 9.99. The molecule has 0 spiro atoms. The van der Waals surface area contributed by atoms with Gasteiger partial charge >= 0.3 is 0 Å². The SMILES string of the molecule is CCC(O)(CC)c1cc(C)nn2c(-c3sc(-c4cccc(C)n4)cc3C)cnc12. The van der Waals surface area contributed by atoms with Crippen LogP contribution in [0.15, 0.2) is 36.5 Å². The molecule has 0 unspecified atom stereocenters.